The van der Waals surface area contributed by atoms with Crippen LogP contribution >= 0.6 is 0 Å². The van der Waals surface area contributed by atoms with E-state index >= 15 is 0 Å². The molecule has 0 radical (unpaired) electrons. The largest absolute Gasteiger partial charge is 1.00 e. The fraction of sp³-hybridized carbons (Fsp3) is 0.562. The molecule has 22 heavy (non-hydrogen) atoms. The fourth-order valence-corrected chi connectivity index (χ4v) is 2.12. The minimum Gasteiger partial charge on any atom is -1.00 e. The van der Waals surface area contributed by atoms with Gasteiger partial charge in [-0.3, -0.25) is 4.79 Å². The first-order chi connectivity index (χ1) is 9.99. The van der Waals surface area contributed by atoms with Gasteiger partial charge in [-0.2, -0.15) is 0 Å². The van der Waals surface area contributed by atoms with Crippen molar-refractivity contribution in [2.75, 3.05) is 0 Å². The Kier molecular flexibility index (Phi) is 10.5. The molecule has 1 heterocycles. The molecule has 0 aliphatic carbocycles. The van der Waals surface area contributed by atoms with Crippen LogP contribution in [0, 0.1) is 5.92 Å². The number of aliphatic carboxylic acids is 1. The molecule has 1 unspecified atom stereocenters. The molecule has 6 heteroatoms. The fourth-order valence-electron chi connectivity index (χ4n) is 2.12. The zero-order chi connectivity index (χ0) is 15.7. The summed E-state index contributed by atoms with van der Waals surface area (Å²) in [5.74, 6) is -0.904. The number of hydrogen-bond donors (Lipinski definition) is 2. The van der Waals surface area contributed by atoms with Gasteiger partial charge in [0.2, 0.25) is 5.91 Å². The summed E-state index contributed by atoms with van der Waals surface area (Å²) in [6.07, 6.45) is 6.45. The van der Waals surface area contributed by atoms with Crippen LogP contribution in [0.25, 0.3) is 0 Å². The Hall–Kier alpha value is -1.43. The lowest BCUT2D eigenvalue weighted by Gasteiger charge is -2.16. The second kappa shape index (κ2) is 11.2. The Balaban J connectivity index is 0.00000441. The molecule has 0 saturated heterocycles. The highest BCUT2D eigenvalue weighted by Gasteiger charge is 2.20. The third-order valence-corrected chi connectivity index (χ3v) is 3.19. The number of aromatic nitrogens is 1. The predicted octanol–water partition coefficient (Wildman–Crippen LogP) is -1.24. The smallest absolute Gasteiger partial charge is 0.326 e. The summed E-state index contributed by atoms with van der Waals surface area (Å²) < 4.78 is 2.07. The number of unbranched alkanes of at least 4 members (excludes halogenated alkanes) is 1. The van der Waals surface area contributed by atoms with Gasteiger partial charge < -0.3 is 27.4 Å². The van der Waals surface area contributed by atoms with Crippen molar-refractivity contribution in [3.63, 3.8) is 0 Å². The number of amides is 1. The van der Waals surface area contributed by atoms with Gasteiger partial charge in [0.15, 0.2) is 12.4 Å². The van der Waals surface area contributed by atoms with Gasteiger partial charge in [0.05, 0.1) is 0 Å². The molecular formula is C16H25BrN2O3. The van der Waals surface area contributed by atoms with Crippen LogP contribution in [-0.2, 0) is 16.1 Å². The number of rotatable bonds is 9. The van der Waals surface area contributed by atoms with Crippen molar-refractivity contribution in [2.24, 2.45) is 5.92 Å². The normalized spacial score (nSPS) is 11.6. The van der Waals surface area contributed by atoms with Gasteiger partial charge >= 0.3 is 5.97 Å². The van der Waals surface area contributed by atoms with Crippen molar-refractivity contribution in [1.82, 2.24) is 5.32 Å². The van der Waals surface area contributed by atoms with Crippen LogP contribution in [0.4, 0.5) is 0 Å². The molecule has 5 nitrogen and oxygen atoms in total. The summed E-state index contributed by atoms with van der Waals surface area (Å²) in [6, 6.07) is 5.12. The van der Waals surface area contributed by atoms with Crippen molar-refractivity contribution < 1.29 is 36.2 Å². The molecule has 2 N–H and O–H groups in total. The average Bonchev–Trinajstić information content (AvgIpc) is 2.43. The van der Waals surface area contributed by atoms with Crippen LogP contribution < -0.4 is 26.9 Å². The molecule has 1 aromatic heterocycles. The van der Waals surface area contributed by atoms with Gasteiger partial charge in [0, 0.05) is 25.0 Å². The Morgan fingerprint density at radius 3 is 2.32 bits per heavy atom. The topological polar surface area (TPSA) is 70.3 Å². The molecule has 1 rings (SSSR count). The first kappa shape index (κ1) is 20.6. The molecule has 0 spiro atoms. The lowest BCUT2D eigenvalue weighted by Crippen LogP contribution is -3.00. The van der Waals surface area contributed by atoms with Crippen molar-refractivity contribution in [3.05, 3.63) is 30.6 Å². The maximum atomic E-state index is 11.8. The minimum atomic E-state index is -0.961. The van der Waals surface area contributed by atoms with E-state index in [0.717, 1.165) is 19.4 Å². The zero-order valence-corrected chi connectivity index (χ0v) is 14.8. The number of carbonyl (C=O) groups is 2. The molecule has 0 aromatic carbocycles. The number of halogens is 1. The van der Waals surface area contributed by atoms with Crippen LogP contribution in [0.2, 0.25) is 0 Å². The van der Waals surface area contributed by atoms with Gasteiger partial charge in [-0.25, -0.2) is 9.36 Å². The molecule has 124 valence electrons. The van der Waals surface area contributed by atoms with Crippen LogP contribution in [-0.4, -0.2) is 23.0 Å². The van der Waals surface area contributed by atoms with Gasteiger partial charge in [-0.15, -0.1) is 0 Å². The summed E-state index contributed by atoms with van der Waals surface area (Å²) in [5, 5.41) is 11.7. The van der Waals surface area contributed by atoms with E-state index in [2.05, 4.69) is 9.88 Å². The molecule has 1 amide bonds. The van der Waals surface area contributed by atoms with Crippen LogP contribution in [0.3, 0.4) is 0 Å². The summed E-state index contributed by atoms with van der Waals surface area (Å²) in [6.45, 7) is 4.75. The third kappa shape index (κ3) is 8.77. The Bertz CT molecular complexity index is 452. The van der Waals surface area contributed by atoms with E-state index < -0.39 is 12.0 Å². The van der Waals surface area contributed by atoms with Crippen molar-refractivity contribution in [2.45, 2.75) is 52.1 Å². The Morgan fingerprint density at radius 2 is 1.77 bits per heavy atom. The van der Waals surface area contributed by atoms with Gasteiger partial charge in [0.1, 0.15) is 12.6 Å². The van der Waals surface area contributed by atoms with Gasteiger partial charge in [-0.05, 0) is 18.8 Å². The minimum absolute atomic E-state index is 0. The van der Waals surface area contributed by atoms with E-state index in [1.54, 1.807) is 0 Å². The molecule has 1 aromatic rings. The second-order valence-electron chi connectivity index (χ2n) is 5.66. The summed E-state index contributed by atoms with van der Waals surface area (Å²) in [5.41, 5.74) is 0. The molecule has 0 aliphatic heterocycles. The first-order valence-electron chi connectivity index (χ1n) is 7.45. The maximum Gasteiger partial charge on any atom is 0.326 e. The summed E-state index contributed by atoms with van der Waals surface area (Å²) in [7, 11) is 0. The standard InChI is InChI=1S/C16H24N2O3.BrH/c1-13(2)12-14(16(20)21)17-15(19)8-4-7-11-18-9-5-3-6-10-18;/h3,5-6,9-10,13-14H,4,7-8,11-12H2,1-2H3,(H-,17,19,20,21);1H. The lowest BCUT2D eigenvalue weighted by molar-refractivity contribution is -0.697. The Labute approximate surface area is 142 Å². The van der Waals surface area contributed by atoms with Crippen LogP contribution in [0.1, 0.15) is 39.5 Å². The number of nitrogens with one attached hydrogen (secondary N) is 1. The molecule has 1 atom stereocenters. The van der Waals surface area contributed by atoms with E-state index in [-0.39, 0.29) is 28.8 Å². The molecule has 0 saturated carbocycles. The van der Waals surface area contributed by atoms with Crippen LogP contribution in [0.5, 0.6) is 0 Å². The number of nitrogens with zero attached hydrogens (tertiary/aromatic N) is 1. The summed E-state index contributed by atoms with van der Waals surface area (Å²) >= 11 is 0. The predicted molar refractivity (Wildman–Crippen MR) is 79.5 cm³/mol. The highest BCUT2D eigenvalue weighted by atomic mass is 79.9. The number of carboxylic acid groups (broad SMARTS) is 1. The van der Waals surface area contributed by atoms with E-state index in [4.69, 9.17) is 5.11 Å². The van der Waals surface area contributed by atoms with Crippen molar-refractivity contribution >= 4 is 11.9 Å². The number of carboxylic acids is 1. The SMILES string of the molecule is CC(C)CC(NC(=O)CCCC[n+]1ccccc1)C(=O)O.[Br-]. The molecule has 0 aliphatic rings. The van der Waals surface area contributed by atoms with Gasteiger partial charge in [-0.1, -0.05) is 19.9 Å². The van der Waals surface area contributed by atoms with E-state index in [1.165, 1.54) is 0 Å². The van der Waals surface area contributed by atoms with E-state index in [1.807, 2.05) is 44.4 Å². The zero-order valence-electron chi connectivity index (χ0n) is 13.2. The Morgan fingerprint density at radius 1 is 1.14 bits per heavy atom. The first-order valence-corrected chi connectivity index (χ1v) is 7.45. The van der Waals surface area contributed by atoms with Gasteiger partial charge in [0.25, 0.3) is 0 Å². The molecule has 0 bridgehead atoms. The van der Waals surface area contributed by atoms with Crippen molar-refractivity contribution in [1.29, 1.82) is 0 Å². The summed E-state index contributed by atoms with van der Waals surface area (Å²) in [4.78, 5) is 22.8. The van der Waals surface area contributed by atoms with E-state index in [9.17, 15) is 9.59 Å². The highest BCUT2D eigenvalue weighted by molar-refractivity contribution is 5.83. The lowest BCUT2D eigenvalue weighted by atomic mass is 10.0. The third-order valence-electron chi connectivity index (χ3n) is 3.19. The molecular weight excluding hydrogens is 348 g/mol. The van der Waals surface area contributed by atoms with Crippen LogP contribution in [0.15, 0.2) is 30.6 Å². The monoisotopic (exact) mass is 372 g/mol. The highest BCUT2D eigenvalue weighted by Crippen LogP contribution is 2.06. The van der Waals surface area contributed by atoms with E-state index in [0.29, 0.717) is 12.8 Å². The maximum absolute atomic E-state index is 11.8. The quantitative estimate of drug-likeness (QED) is 0.421. The number of carbonyl (C=O) groups excluding carboxylic acids is 1. The van der Waals surface area contributed by atoms with Crippen molar-refractivity contribution in [3.8, 4) is 0 Å². The average molecular weight is 373 g/mol. The molecule has 0 fully saturated rings. The number of hydrogen-bond acceptors (Lipinski definition) is 2. The number of aryl methyl sites for hydroxylation is 1. The number of pyridine rings is 1. The second-order valence-corrected chi connectivity index (χ2v) is 5.66.